The minimum absolute atomic E-state index is 0.146. The second-order valence-corrected chi connectivity index (χ2v) is 6.87. The van der Waals surface area contributed by atoms with Crippen LogP contribution in [0.5, 0.6) is 0 Å². The highest BCUT2D eigenvalue weighted by Gasteiger charge is 2.26. The summed E-state index contributed by atoms with van der Waals surface area (Å²) in [5, 5.41) is 12.3. The number of benzene rings is 1. The maximum Gasteiger partial charge on any atom is 0.220 e. The fourth-order valence-electron chi connectivity index (χ4n) is 2.90. The number of hydrogen-bond acceptors (Lipinski definition) is 3. The van der Waals surface area contributed by atoms with E-state index in [1.54, 1.807) is 11.8 Å². The molecule has 2 unspecified atom stereocenters. The van der Waals surface area contributed by atoms with E-state index >= 15 is 0 Å². The standard InChI is InChI=1S/C17H25NO2S/c19-13-15-7-4-6-14(15)12-18-17(20)10-5-11-21-16-8-2-1-3-9-16/h1-3,8-9,14-15,19H,4-7,10-13H2,(H,18,20). The van der Waals surface area contributed by atoms with Crippen LogP contribution in [0.15, 0.2) is 35.2 Å². The Morgan fingerprint density at radius 2 is 2.00 bits per heavy atom. The summed E-state index contributed by atoms with van der Waals surface area (Å²) in [4.78, 5) is 13.1. The maximum atomic E-state index is 11.8. The van der Waals surface area contributed by atoms with E-state index in [2.05, 4.69) is 17.4 Å². The van der Waals surface area contributed by atoms with Crippen molar-refractivity contribution < 1.29 is 9.90 Å². The third-order valence-corrected chi connectivity index (χ3v) is 5.27. The van der Waals surface area contributed by atoms with Crippen molar-refractivity contribution in [3.63, 3.8) is 0 Å². The molecule has 1 fully saturated rings. The van der Waals surface area contributed by atoms with Crippen LogP contribution in [0, 0.1) is 11.8 Å². The zero-order chi connectivity index (χ0) is 14.9. The number of aliphatic hydroxyl groups is 1. The maximum absolute atomic E-state index is 11.8. The van der Waals surface area contributed by atoms with Crippen LogP contribution in [-0.4, -0.2) is 29.9 Å². The molecule has 21 heavy (non-hydrogen) atoms. The topological polar surface area (TPSA) is 49.3 Å². The van der Waals surface area contributed by atoms with E-state index in [4.69, 9.17) is 0 Å². The molecule has 1 saturated carbocycles. The van der Waals surface area contributed by atoms with E-state index in [0.29, 0.717) is 18.3 Å². The monoisotopic (exact) mass is 307 g/mol. The fourth-order valence-corrected chi connectivity index (χ4v) is 3.77. The number of amides is 1. The van der Waals surface area contributed by atoms with Gasteiger partial charge in [-0.2, -0.15) is 0 Å². The van der Waals surface area contributed by atoms with Gasteiger partial charge in [-0.1, -0.05) is 24.6 Å². The van der Waals surface area contributed by atoms with Gasteiger partial charge in [0.2, 0.25) is 5.91 Å². The summed E-state index contributed by atoms with van der Waals surface area (Å²) in [6.07, 6.45) is 4.91. The molecule has 1 amide bonds. The molecule has 1 aromatic carbocycles. The highest BCUT2D eigenvalue weighted by Crippen LogP contribution is 2.30. The number of aliphatic hydroxyl groups excluding tert-OH is 1. The Labute approximate surface area is 131 Å². The Morgan fingerprint density at radius 1 is 1.24 bits per heavy atom. The smallest absolute Gasteiger partial charge is 0.220 e. The lowest BCUT2D eigenvalue weighted by Gasteiger charge is -2.17. The van der Waals surface area contributed by atoms with Crippen LogP contribution < -0.4 is 5.32 Å². The largest absolute Gasteiger partial charge is 0.396 e. The molecule has 0 saturated heterocycles. The van der Waals surface area contributed by atoms with E-state index in [-0.39, 0.29) is 12.5 Å². The van der Waals surface area contributed by atoms with E-state index in [0.717, 1.165) is 31.6 Å². The van der Waals surface area contributed by atoms with Gasteiger partial charge in [0, 0.05) is 24.5 Å². The Bertz CT molecular complexity index is 424. The lowest BCUT2D eigenvalue weighted by Crippen LogP contribution is -2.31. The Morgan fingerprint density at radius 3 is 2.76 bits per heavy atom. The minimum atomic E-state index is 0.146. The van der Waals surface area contributed by atoms with E-state index in [1.165, 1.54) is 11.3 Å². The Kier molecular flexibility index (Phi) is 7.10. The Hall–Kier alpha value is -1.00. The van der Waals surface area contributed by atoms with Crippen molar-refractivity contribution in [1.82, 2.24) is 5.32 Å². The number of thioether (sulfide) groups is 1. The Balaban J connectivity index is 1.55. The molecule has 1 aromatic rings. The van der Waals surface area contributed by atoms with Crippen molar-refractivity contribution in [3.05, 3.63) is 30.3 Å². The summed E-state index contributed by atoms with van der Waals surface area (Å²) in [6.45, 7) is 0.990. The summed E-state index contributed by atoms with van der Waals surface area (Å²) in [6, 6.07) is 10.3. The first-order valence-electron chi connectivity index (χ1n) is 7.85. The van der Waals surface area contributed by atoms with Gasteiger partial charge in [-0.15, -0.1) is 11.8 Å². The SMILES string of the molecule is O=C(CCCSc1ccccc1)NCC1CCCC1CO. The van der Waals surface area contributed by atoms with Crippen molar-refractivity contribution in [1.29, 1.82) is 0 Å². The van der Waals surface area contributed by atoms with Gasteiger partial charge in [-0.05, 0) is 49.0 Å². The molecule has 116 valence electrons. The fraction of sp³-hybridized carbons (Fsp3) is 0.588. The highest BCUT2D eigenvalue weighted by atomic mass is 32.2. The molecule has 1 aliphatic rings. The quantitative estimate of drug-likeness (QED) is 0.573. The average molecular weight is 307 g/mol. The van der Waals surface area contributed by atoms with Gasteiger partial charge in [-0.25, -0.2) is 0 Å². The molecule has 1 aliphatic carbocycles. The molecule has 2 N–H and O–H groups in total. The zero-order valence-corrected chi connectivity index (χ0v) is 13.3. The van der Waals surface area contributed by atoms with Crippen molar-refractivity contribution >= 4 is 17.7 Å². The molecular weight excluding hydrogens is 282 g/mol. The first-order valence-corrected chi connectivity index (χ1v) is 8.83. The molecule has 0 aliphatic heterocycles. The van der Waals surface area contributed by atoms with Crippen molar-refractivity contribution in [3.8, 4) is 0 Å². The van der Waals surface area contributed by atoms with Crippen LogP contribution in [0.25, 0.3) is 0 Å². The van der Waals surface area contributed by atoms with Gasteiger partial charge in [0.05, 0.1) is 0 Å². The summed E-state index contributed by atoms with van der Waals surface area (Å²) in [7, 11) is 0. The normalized spacial score (nSPS) is 21.4. The molecule has 4 heteroatoms. The minimum Gasteiger partial charge on any atom is -0.396 e. The number of rotatable bonds is 8. The summed E-state index contributed by atoms with van der Waals surface area (Å²) in [5.74, 6) is 1.98. The average Bonchev–Trinajstić information content (AvgIpc) is 2.98. The highest BCUT2D eigenvalue weighted by molar-refractivity contribution is 7.99. The summed E-state index contributed by atoms with van der Waals surface area (Å²) < 4.78 is 0. The van der Waals surface area contributed by atoms with Crippen LogP contribution in [0.4, 0.5) is 0 Å². The zero-order valence-electron chi connectivity index (χ0n) is 12.5. The first kappa shape index (κ1) is 16.4. The molecule has 0 radical (unpaired) electrons. The molecule has 0 aromatic heterocycles. The molecule has 2 atom stereocenters. The van der Waals surface area contributed by atoms with Gasteiger partial charge in [0.15, 0.2) is 0 Å². The number of nitrogens with one attached hydrogen (secondary N) is 1. The molecule has 0 bridgehead atoms. The number of hydrogen-bond donors (Lipinski definition) is 2. The summed E-state index contributed by atoms with van der Waals surface area (Å²) in [5.41, 5.74) is 0. The van der Waals surface area contributed by atoms with Gasteiger partial charge >= 0.3 is 0 Å². The predicted molar refractivity (Wildman–Crippen MR) is 87.3 cm³/mol. The number of carbonyl (C=O) groups is 1. The van der Waals surface area contributed by atoms with Gasteiger partial charge in [-0.3, -0.25) is 4.79 Å². The second kappa shape index (κ2) is 9.11. The lowest BCUT2D eigenvalue weighted by molar-refractivity contribution is -0.121. The third kappa shape index (κ3) is 5.71. The van der Waals surface area contributed by atoms with Crippen LogP contribution in [-0.2, 0) is 4.79 Å². The van der Waals surface area contributed by atoms with Crippen molar-refractivity contribution in [2.45, 2.75) is 37.0 Å². The van der Waals surface area contributed by atoms with Crippen molar-refractivity contribution in [2.24, 2.45) is 11.8 Å². The van der Waals surface area contributed by atoms with Crippen LogP contribution in [0.3, 0.4) is 0 Å². The van der Waals surface area contributed by atoms with E-state index in [1.807, 2.05) is 18.2 Å². The van der Waals surface area contributed by atoms with Gasteiger partial charge in [0.25, 0.3) is 0 Å². The van der Waals surface area contributed by atoms with E-state index < -0.39 is 0 Å². The molecule has 0 spiro atoms. The van der Waals surface area contributed by atoms with Gasteiger partial charge in [0.1, 0.15) is 0 Å². The first-order chi connectivity index (χ1) is 10.3. The third-order valence-electron chi connectivity index (χ3n) is 4.17. The molecule has 2 rings (SSSR count). The number of carbonyl (C=O) groups excluding carboxylic acids is 1. The van der Waals surface area contributed by atoms with Crippen LogP contribution >= 0.6 is 11.8 Å². The predicted octanol–water partition coefficient (Wildman–Crippen LogP) is 3.08. The molecule has 3 nitrogen and oxygen atoms in total. The van der Waals surface area contributed by atoms with Crippen LogP contribution in [0.2, 0.25) is 0 Å². The molecular formula is C17H25NO2S. The molecule has 0 heterocycles. The van der Waals surface area contributed by atoms with E-state index in [9.17, 15) is 9.90 Å². The van der Waals surface area contributed by atoms with Crippen LogP contribution in [0.1, 0.15) is 32.1 Å². The summed E-state index contributed by atoms with van der Waals surface area (Å²) >= 11 is 1.80. The van der Waals surface area contributed by atoms with Crippen molar-refractivity contribution in [2.75, 3.05) is 18.9 Å². The second-order valence-electron chi connectivity index (χ2n) is 5.70. The lowest BCUT2D eigenvalue weighted by atomic mass is 9.97. The van der Waals surface area contributed by atoms with Gasteiger partial charge < -0.3 is 10.4 Å².